The molecule has 17 heavy (non-hydrogen) atoms. The first-order valence-corrected chi connectivity index (χ1v) is 7.19. The molecule has 0 saturated carbocycles. The molecule has 1 fully saturated rings. The number of carbonyl (C=O) groups excluding carboxylic acids is 1. The van der Waals surface area contributed by atoms with E-state index in [1.165, 1.54) is 12.8 Å². The Morgan fingerprint density at radius 1 is 1.41 bits per heavy atom. The van der Waals surface area contributed by atoms with E-state index in [1.807, 2.05) is 4.90 Å². The summed E-state index contributed by atoms with van der Waals surface area (Å²) in [5.74, 6) is 1.00. The molecule has 0 spiro atoms. The Labute approximate surface area is 106 Å². The molecule has 0 aromatic carbocycles. The third-order valence-electron chi connectivity index (χ3n) is 3.60. The fourth-order valence-electron chi connectivity index (χ4n) is 2.39. The zero-order chi connectivity index (χ0) is 12.5. The summed E-state index contributed by atoms with van der Waals surface area (Å²) in [6.07, 6.45) is 6.51. The lowest BCUT2D eigenvalue weighted by atomic mass is 9.94. The second kappa shape index (κ2) is 8.51. The van der Waals surface area contributed by atoms with Crippen LogP contribution in [0.4, 0.5) is 0 Å². The Hall–Kier alpha value is -0.570. The van der Waals surface area contributed by atoms with Gasteiger partial charge in [-0.2, -0.15) is 0 Å². The van der Waals surface area contributed by atoms with Gasteiger partial charge in [0.15, 0.2) is 0 Å². The van der Waals surface area contributed by atoms with Gasteiger partial charge in [0, 0.05) is 32.6 Å². The van der Waals surface area contributed by atoms with E-state index < -0.39 is 0 Å². The molecule has 1 heterocycles. The van der Waals surface area contributed by atoms with Crippen molar-refractivity contribution >= 4 is 5.91 Å². The Bertz CT molecular complexity index is 212. The molecule has 1 rings (SSSR count). The number of carbonyl (C=O) groups is 1. The number of rotatable bonds is 7. The van der Waals surface area contributed by atoms with Gasteiger partial charge in [0.25, 0.3) is 0 Å². The molecule has 1 unspecified atom stereocenters. The standard InChI is InChI=1S/C14H27N2O/c1-3-5-11-16(4-2)14(17)9-8-13-7-6-10-15-12-13/h13H,3-12H2,1-2H3. The van der Waals surface area contributed by atoms with Gasteiger partial charge in [-0.15, -0.1) is 0 Å². The molecule has 0 aliphatic carbocycles. The van der Waals surface area contributed by atoms with Crippen LogP contribution in [-0.2, 0) is 4.79 Å². The van der Waals surface area contributed by atoms with Gasteiger partial charge in [-0.05, 0) is 38.5 Å². The fraction of sp³-hybridized carbons (Fsp3) is 0.929. The molecule has 0 bridgehead atoms. The second-order valence-electron chi connectivity index (χ2n) is 5.00. The highest BCUT2D eigenvalue weighted by Crippen LogP contribution is 2.17. The van der Waals surface area contributed by atoms with Crippen molar-refractivity contribution in [1.82, 2.24) is 10.2 Å². The highest BCUT2D eigenvalue weighted by molar-refractivity contribution is 5.76. The van der Waals surface area contributed by atoms with Crippen molar-refractivity contribution in [3.8, 4) is 0 Å². The number of piperidine rings is 1. The minimum absolute atomic E-state index is 0.339. The summed E-state index contributed by atoms with van der Waals surface area (Å²) in [5, 5.41) is 4.43. The second-order valence-corrected chi connectivity index (χ2v) is 5.00. The van der Waals surface area contributed by atoms with Crippen molar-refractivity contribution in [3.05, 3.63) is 0 Å². The highest BCUT2D eigenvalue weighted by Gasteiger charge is 2.17. The van der Waals surface area contributed by atoms with Gasteiger partial charge >= 0.3 is 0 Å². The monoisotopic (exact) mass is 239 g/mol. The molecule has 3 nitrogen and oxygen atoms in total. The number of hydrogen-bond donors (Lipinski definition) is 0. The summed E-state index contributed by atoms with van der Waals surface area (Å²) in [4.78, 5) is 14.0. The van der Waals surface area contributed by atoms with Crippen molar-refractivity contribution in [2.75, 3.05) is 26.2 Å². The van der Waals surface area contributed by atoms with E-state index in [-0.39, 0.29) is 0 Å². The van der Waals surface area contributed by atoms with Crippen LogP contribution in [0, 0.1) is 5.92 Å². The first kappa shape index (κ1) is 14.5. The largest absolute Gasteiger partial charge is 0.343 e. The zero-order valence-electron chi connectivity index (χ0n) is 11.5. The Morgan fingerprint density at radius 2 is 2.24 bits per heavy atom. The van der Waals surface area contributed by atoms with E-state index in [9.17, 15) is 4.79 Å². The van der Waals surface area contributed by atoms with Crippen LogP contribution in [0.2, 0.25) is 0 Å². The van der Waals surface area contributed by atoms with Gasteiger partial charge in [0.1, 0.15) is 0 Å². The molecule has 1 atom stereocenters. The van der Waals surface area contributed by atoms with Crippen molar-refractivity contribution in [1.29, 1.82) is 0 Å². The van der Waals surface area contributed by atoms with Crippen LogP contribution in [0.15, 0.2) is 0 Å². The lowest BCUT2D eigenvalue weighted by molar-refractivity contribution is -0.131. The summed E-state index contributed by atoms with van der Waals surface area (Å²) in [7, 11) is 0. The van der Waals surface area contributed by atoms with Crippen LogP contribution < -0.4 is 5.32 Å². The van der Waals surface area contributed by atoms with Crippen molar-refractivity contribution in [2.24, 2.45) is 5.92 Å². The molecule has 1 saturated heterocycles. The van der Waals surface area contributed by atoms with E-state index in [2.05, 4.69) is 19.2 Å². The third-order valence-corrected chi connectivity index (χ3v) is 3.60. The van der Waals surface area contributed by atoms with E-state index >= 15 is 0 Å². The van der Waals surface area contributed by atoms with Crippen LogP contribution in [0.3, 0.4) is 0 Å². The van der Waals surface area contributed by atoms with Gasteiger partial charge < -0.3 is 4.90 Å². The average Bonchev–Trinajstić information content (AvgIpc) is 2.38. The molecule has 1 aliphatic rings. The molecule has 1 amide bonds. The normalized spacial score (nSPS) is 20.2. The molecule has 3 heteroatoms. The zero-order valence-corrected chi connectivity index (χ0v) is 11.5. The van der Waals surface area contributed by atoms with E-state index in [1.54, 1.807) is 0 Å². The lowest BCUT2D eigenvalue weighted by Crippen LogP contribution is -2.32. The predicted octanol–water partition coefficient (Wildman–Crippen LogP) is 2.43. The minimum Gasteiger partial charge on any atom is -0.343 e. The molecule has 0 aromatic rings. The number of hydrogen-bond acceptors (Lipinski definition) is 1. The molecule has 99 valence electrons. The quantitative estimate of drug-likeness (QED) is 0.672. The molecule has 1 aliphatic heterocycles. The minimum atomic E-state index is 0.339. The van der Waals surface area contributed by atoms with Crippen LogP contribution in [0.1, 0.15) is 52.4 Å². The van der Waals surface area contributed by atoms with Crippen molar-refractivity contribution in [2.45, 2.75) is 52.4 Å². The van der Waals surface area contributed by atoms with Crippen LogP contribution in [0.25, 0.3) is 0 Å². The van der Waals surface area contributed by atoms with E-state index in [0.29, 0.717) is 11.8 Å². The van der Waals surface area contributed by atoms with Gasteiger partial charge in [0.2, 0.25) is 5.91 Å². The third kappa shape index (κ3) is 5.53. The van der Waals surface area contributed by atoms with E-state index in [4.69, 9.17) is 0 Å². The highest BCUT2D eigenvalue weighted by atomic mass is 16.2. The maximum Gasteiger partial charge on any atom is 0.222 e. The van der Waals surface area contributed by atoms with Gasteiger partial charge in [-0.25, -0.2) is 5.32 Å². The average molecular weight is 239 g/mol. The number of amides is 1. The molecule has 1 radical (unpaired) electrons. The Kier molecular flexibility index (Phi) is 7.25. The first-order chi connectivity index (χ1) is 8.27. The van der Waals surface area contributed by atoms with Crippen LogP contribution in [0.5, 0.6) is 0 Å². The SMILES string of the molecule is CCCCN(CC)C(=O)CCC1CCC[N]C1. The molecule has 0 N–H and O–H groups in total. The maximum absolute atomic E-state index is 12.0. The Morgan fingerprint density at radius 3 is 2.82 bits per heavy atom. The van der Waals surface area contributed by atoms with Crippen LogP contribution in [-0.4, -0.2) is 37.0 Å². The maximum atomic E-state index is 12.0. The predicted molar refractivity (Wildman–Crippen MR) is 71.0 cm³/mol. The van der Waals surface area contributed by atoms with Crippen LogP contribution >= 0.6 is 0 Å². The summed E-state index contributed by atoms with van der Waals surface area (Å²) < 4.78 is 0. The number of unbranched alkanes of at least 4 members (excludes halogenated alkanes) is 1. The molecular weight excluding hydrogens is 212 g/mol. The fourth-order valence-corrected chi connectivity index (χ4v) is 2.39. The Balaban J connectivity index is 2.21. The summed E-state index contributed by atoms with van der Waals surface area (Å²) in [6, 6.07) is 0. The van der Waals surface area contributed by atoms with Crippen molar-refractivity contribution < 1.29 is 4.79 Å². The summed E-state index contributed by atoms with van der Waals surface area (Å²) >= 11 is 0. The topological polar surface area (TPSA) is 34.4 Å². The van der Waals surface area contributed by atoms with Gasteiger partial charge in [-0.3, -0.25) is 4.79 Å². The van der Waals surface area contributed by atoms with E-state index in [0.717, 1.165) is 51.9 Å². The first-order valence-electron chi connectivity index (χ1n) is 7.19. The molecule has 0 aromatic heterocycles. The lowest BCUT2D eigenvalue weighted by Gasteiger charge is -2.24. The van der Waals surface area contributed by atoms with Gasteiger partial charge in [-0.1, -0.05) is 13.3 Å². The van der Waals surface area contributed by atoms with Crippen molar-refractivity contribution in [3.63, 3.8) is 0 Å². The summed E-state index contributed by atoms with van der Waals surface area (Å²) in [6.45, 7) is 8.04. The smallest absolute Gasteiger partial charge is 0.222 e. The summed E-state index contributed by atoms with van der Waals surface area (Å²) in [5.41, 5.74) is 0. The molecular formula is C14H27N2O. The van der Waals surface area contributed by atoms with Gasteiger partial charge in [0.05, 0.1) is 0 Å². The number of nitrogens with zero attached hydrogens (tertiary/aromatic N) is 2.